The first-order valence-electron chi connectivity index (χ1n) is 3.60. The van der Waals surface area contributed by atoms with Gasteiger partial charge in [-0.3, -0.25) is 0 Å². The summed E-state index contributed by atoms with van der Waals surface area (Å²) in [6, 6.07) is 0. The van der Waals surface area contributed by atoms with Crippen molar-refractivity contribution in [2.24, 2.45) is 0 Å². The second-order valence-corrected chi connectivity index (χ2v) is 4.19. The molecular formula is C7H11BrN4S. The normalized spacial score (nSPS) is 10.2. The van der Waals surface area contributed by atoms with E-state index in [4.69, 9.17) is 5.73 Å². The van der Waals surface area contributed by atoms with Crippen LogP contribution >= 0.6 is 27.7 Å². The van der Waals surface area contributed by atoms with E-state index in [9.17, 15) is 0 Å². The van der Waals surface area contributed by atoms with Crippen LogP contribution in [0.25, 0.3) is 0 Å². The Labute approximate surface area is 90.1 Å². The summed E-state index contributed by atoms with van der Waals surface area (Å²) in [6.45, 7) is 0. The summed E-state index contributed by atoms with van der Waals surface area (Å²) in [4.78, 5) is 10.3. The van der Waals surface area contributed by atoms with Gasteiger partial charge in [0.25, 0.3) is 0 Å². The standard InChI is InChI=1S/C7H11BrN4S/c1-12(2)6-4(8)5(9)10-7(11-6)13-3/h1-3H3,(H2,9,10,11). The van der Waals surface area contributed by atoms with Crippen molar-refractivity contribution < 1.29 is 0 Å². The number of hydrogen-bond donors (Lipinski definition) is 1. The third-order valence-corrected chi connectivity index (χ3v) is 2.75. The van der Waals surface area contributed by atoms with Crippen molar-refractivity contribution in [3.05, 3.63) is 4.47 Å². The molecule has 0 bridgehead atoms. The highest BCUT2D eigenvalue weighted by molar-refractivity contribution is 9.10. The fourth-order valence-corrected chi connectivity index (χ4v) is 1.72. The molecule has 0 aliphatic heterocycles. The third kappa shape index (κ3) is 2.25. The quantitative estimate of drug-likeness (QED) is 0.649. The van der Waals surface area contributed by atoms with Gasteiger partial charge in [-0.1, -0.05) is 11.8 Å². The van der Waals surface area contributed by atoms with Crippen LogP contribution in [-0.2, 0) is 0 Å². The summed E-state index contributed by atoms with van der Waals surface area (Å²) in [7, 11) is 3.83. The van der Waals surface area contributed by atoms with Crippen LogP contribution in [0.5, 0.6) is 0 Å². The summed E-state index contributed by atoms with van der Waals surface area (Å²) < 4.78 is 0.746. The SMILES string of the molecule is CSc1nc(N)c(Br)c(N(C)C)n1. The molecule has 6 heteroatoms. The van der Waals surface area contributed by atoms with E-state index in [-0.39, 0.29) is 0 Å². The number of nitrogen functional groups attached to an aromatic ring is 1. The van der Waals surface area contributed by atoms with Crippen molar-refractivity contribution in [3.8, 4) is 0 Å². The van der Waals surface area contributed by atoms with Crippen LogP contribution in [-0.4, -0.2) is 30.3 Å². The van der Waals surface area contributed by atoms with E-state index in [1.807, 2.05) is 25.3 Å². The van der Waals surface area contributed by atoms with E-state index in [1.54, 1.807) is 0 Å². The van der Waals surface area contributed by atoms with Crippen molar-refractivity contribution in [1.82, 2.24) is 9.97 Å². The maximum absolute atomic E-state index is 5.70. The van der Waals surface area contributed by atoms with Crippen LogP contribution in [0.4, 0.5) is 11.6 Å². The molecule has 1 aromatic rings. The number of thioether (sulfide) groups is 1. The van der Waals surface area contributed by atoms with Gasteiger partial charge in [0.1, 0.15) is 16.1 Å². The van der Waals surface area contributed by atoms with Gasteiger partial charge in [-0.2, -0.15) is 0 Å². The largest absolute Gasteiger partial charge is 0.383 e. The third-order valence-electron chi connectivity index (χ3n) is 1.45. The first-order chi connectivity index (χ1) is 6.06. The second kappa shape index (κ2) is 4.15. The lowest BCUT2D eigenvalue weighted by Gasteiger charge is -2.14. The smallest absolute Gasteiger partial charge is 0.191 e. The van der Waals surface area contributed by atoms with Crippen molar-refractivity contribution >= 4 is 39.3 Å². The van der Waals surface area contributed by atoms with Crippen LogP contribution in [0.3, 0.4) is 0 Å². The van der Waals surface area contributed by atoms with Gasteiger partial charge in [-0.15, -0.1) is 0 Å². The first kappa shape index (κ1) is 10.6. The monoisotopic (exact) mass is 262 g/mol. The van der Waals surface area contributed by atoms with Gasteiger partial charge in [0, 0.05) is 14.1 Å². The molecule has 0 aromatic carbocycles. The summed E-state index contributed by atoms with van der Waals surface area (Å²) in [5.74, 6) is 1.28. The van der Waals surface area contributed by atoms with Crippen LogP contribution in [0, 0.1) is 0 Å². The number of halogens is 1. The van der Waals surface area contributed by atoms with Crippen molar-refractivity contribution in [3.63, 3.8) is 0 Å². The number of nitrogens with two attached hydrogens (primary N) is 1. The molecule has 1 heterocycles. The van der Waals surface area contributed by atoms with Crippen LogP contribution in [0.15, 0.2) is 9.63 Å². The van der Waals surface area contributed by atoms with Gasteiger partial charge < -0.3 is 10.6 Å². The average molecular weight is 263 g/mol. The molecule has 0 unspecified atom stereocenters. The molecule has 1 rings (SSSR count). The minimum Gasteiger partial charge on any atom is -0.383 e. The summed E-state index contributed by atoms with van der Waals surface area (Å²) in [6.07, 6.45) is 1.92. The zero-order valence-corrected chi connectivity index (χ0v) is 10.1. The molecule has 0 spiro atoms. The van der Waals surface area contributed by atoms with Gasteiger partial charge >= 0.3 is 0 Å². The second-order valence-electron chi connectivity index (χ2n) is 2.63. The van der Waals surface area contributed by atoms with Gasteiger partial charge in [0.15, 0.2) is 5.16 Å². The van der Waals surface area contributed by atoms with Gasteiger partial charge in [-0.05, 0) is 22.2 Å². The van der Waals surface area contributed by atoms with Crippen LogP contribution < -0.4 is 10.6 Å². The molecule has 0 radical (unpaired) electrons. The van der Waals surface area contributed by atoms with E-state index < -0.39 is 0 Å². The lowest BCUT2D eigenvalue weighted by molar-refractivity contribution is 0.929. The molecule has 1 aromatic heterocycles. The Bertz CT molecular complexity index is 316. The highest BCUT2D eigenvalue weighted by Crippen LogP contribution is 2.28. The minimum absolute atomic E-state index is 0.475. The predicted octanol–water partition coefficient (Wildman–Crippen LogP) is 1.61. The zero-order valence-electron chi connectivity index (χ0n) is 7.71. The fraction of sp³-hybridized carbons (Fsp3) is 0.429. The first-order valence-corrected chi connectivity index (χ1v) is 5.62. The van der Waals surface area contributed by atoms with E-state index in [0.717, 1.165) is 10.3 Å². The molecule has 0 aliphatic carbocycles. The topological polar surface area (TPSA) is 55.0 Å². The molecule has 0 saturated heterocycles. The van der Waals surface area contributed by atoms with E-state index in [0.29, 0.717) is 11.0 Å². The Balaban J connectivity index is 3.25. The Morgan fingerprint density at radius 1 is 1.38 bits per heavy atom. The Kier molecular flexibility index (Phi) is 3.38. The summed E-state index contributed by atoms with van der Waals surface area (Å²) in [5, 5.41) is 0.685. The van der Waals surface area contributed by atoms with Gasteiger partial charge in [0.05, 0.1) is 0 Å². The highest BCUT2D eigenvalue weighted by Gasteiger charge is 2.10. The van der Waals surface area contributed by atoms with Crippen LogP contribution in [0.1, 0.15) is 0 Å². The van der Waals surface area contributed by atoms with E-state index in [2.05, 4.69) is 25.9 Å². The van der Waals surface area contributed by atoms with Gasteiger partial charge in [0.2, 0.25) is 0 Å². The number of aromatic nitrogens is 2. The molecule has 0 fully saturated rings. The highest BCUT2D eigenvalue weighted by atomic mass is 79.9. The fourth-order valence-electron chi connectivity index (χ4n) is 0.819. The van der Waals surface area contributed by atoms with Crippen LogP contribution in [0.2, 0.25) is 0 Å². The number of anilines is 2. The van der Waals surface area contributed by atoms with E-state index >= 15 is 0 Å². The molecule has 2 N–H and O–H groups in total. The molecule has 72 valence electrons. The summed E-state index contributed by atoms with van der Waals surface area (Å²) >= 11 is 4.82. The lowest BCUT2D eigenvalue weighted by Crippen LogP contribution is -2.13. The Hall–Kier alpha value is -0.490. The molecule has 0 atom stereocenters. The molecule has 0 saturated carbocycles. The van der Waals surface area contributed by atoms with Crippen molar-refractivity contribution in [2.45, 2.75) is 5.16 Å². The van der Waals surface area contributed by atoms with E-state index in [1.165, 1.54) is 11.8 Å². The number of nitrogens with zero attached hydrogens (tertiary/aromatic N) is 3. The molecule has 0 aliphatic rings. The summed E-state index contributed by atoms with van der Waals surface area (Å²) in [5.41, 5.74) is 5.70. The van der Waals surface area contributed by atoms with Crippen molar-refractivity contribution in [1.29, 1.82) is 0 Å². The molecule has 4 nitrogen and oxygen atoms in total. The van der Waals surface area contributed by atoms with Gasteiger partial charge in [-0.25, -0.2) is 9.97 Å². The predicted molar refractivity (Wildman–Crippen MR) is 60.3 cm³/mol. The number of rotatable bonds is 2. The lowest BCUT2D eigenvalue weighted by atomic mass is 10.5. The Morgan fingerprint density at radius 2 is 2.00 bits per heavy atom. The maximum atomic E-state index is 5.70. The Morgan fingerprint density at radius 3 is 2.46 bits per heavy atom. The average Bonchev–Trinajstić information content (AvgIpc) is 2.09. The minimum atomic E-state index is 0.475. The number of hydrogen-bond acceptors (Lipinski definition) is 5. The van der Waals surface area contributed by atoms with Crippen molar-refractivity contribution in [2.75, 3.05) is 31.0 Å². The molecule has 0 amide bonds. The molecular weight excluding hydrogens is 252 g/mol. The maximum Gasteiger partial charge on any atom is 0.191 e. The zero-order chi connectivity index (χ0) is 10.0. The molecule has 13 heavy (non-hydrogen) atoms.